The van der Waals surface area contributed by atoms with Crippen LogP contribution in [0.5, 0.6) is 0 Å². The van der Waals surface area contributed by atoms with Gasteiger partial charge in [0.05, 0.1) is 18.2 Å². The van der Waals surface area contributed by atoms with E-state index in [0.29, 0.717) is 0 Å². The molecule has 0 aliphatic carbocycles. The van der Waals surface area contributed by atoms with E-state index in [-0.39, 0.29) is 42.2 Å². The molecule has 0 bridgehead atoms. The third-order valence-corrected chi connectivity index (χ3v) is 3.66. The van der Waals surface area contributed by atoms with Crippen LogP contribution >= 0.6 is 0 Å². The maximum atomic E-state index is 13.7. The van der Waals surface area contributed by atoms with E-state index < -0.39 is 23.4 Å². The zero-order valence-electron chi connectivity index (χ0n) is 13.5. The second kappa shape index (κ2) is 7.86. The summed E-state index contributed by atoms with van der Waals surface area (Å²) in [4.78, 5) is 15.7. The first kappa shape index (κ1) is 17.7. The van der Waals surface area contributed by atoms with Gasteiger partial charge in [-0.1, -0.05) is 24.3 Å². The molecule has 1 aromatic heterocycles. The number of halogens is 3. The minimum absolute atomic E-state index is 0.0451. The van der Waals surface area contributed by atoms with Gasteiger partial charge < -0.3 is 9.15 Å². The number of oxazole rings is 1. The molecule has 0 spiro atoms. The first-order valence-electron chi connectivity index (χ1n) is 7.82. The van der Waals surface area contributed by atoms with Gasteiger partial charge in [-0.3, -0.25) is 4.79 Å². The Morgan fingerprint density at radius 3 is 2.62 bits per heavy atom. The Labute approximate surface area is 147 Å². The largest absolute Gasteiger partial charge is 0.461 e. The molecule has 0 N–H and O–H groups in total. The van der Waals surface area contributed by atoms with E-state index in [0.717, 1.165) is 6.07 Å². The zero-order valence-corrected chi connectivity index (χ0v) is 13.5. The molecule has 1 heterocycles. The van der Waals surface area contributed by atoms with Gasteiger partial charge in [0.1, 0.15) is 12.4 Å². The second-order valence-corrected chi connectivity index (χ2v) is 5.47. The summed E-state index contributed by atoms with van der Waals surface area (Å²) in [5, 5.41) is 0. The molecule has 0 radical (unpaired) electrons. The molecule has 0 saturated carbocycles. The summed E-state index contributed by atoms with van der Waals surface area (Å²) in [5.41, 5.74) is 0.228. The smallest absolute Gasteiger partial charge is 0.306 e. The standard InChI is InChI=1S/C19H14F3NO3/c20-14-6-2-1-5-13(14)16-10-23-17(26-16)8-9-18(24)25-11-12-4-3-7-15(21)19(12)22/h1-7,10H,8-9,11H2. The van der Waals surface area contributed by atoms with Gasteiger partial charge in [0, 0.05) is 12.0 Å². The van der Waals surface area contributed by atoms with Gasteiger partial charge in [-0.2, -0.15) is 0 Å². The number of hydrogen-bond acceptors (Lipinski definition) is 4. The summed E-state index contributed by atoms with van der Waals surface area (Å²) in [5.74, 6) is -2.59. The highest BCUT2D eigenvalue weighted by atomic mass is 19.2. The third-order valence-electron chi connectivity index (χ3n) is 3.66. The normalized spacial score (nSPS) is 10.7. The molecule has 0 atom stereocenters. The lowest BCUT2D eigenvalue weighted by atomic mass is 10.2. The van der Waals surface area contributed by atoms with Gasteiger partial charge in [-0.25, -0.2) is 18.2 Å². The number of carbonyl (C=O) groups is 1. The Morgan fingerprint density at radius 2 is 1.81 bits per heavy atom. The number of carbonyl (C=O) groups excluding carboxylic acids is 1. The van der Waals surface area contributed by atoms with Crippen molar-refractivity contribution in [2.24, 2.45) is 0 Å². The van der Waals surface area contributed by atoms with E-state index in [4.69, 9.17) is 9.15 Å². The van der Waals surface area contributed by atoms with E-state index >= 15 is 0 Å². The Hall–Kier alpha value is -3.09. The minimum atomic E-state index is -1.04. The summed E-state index contributed by atoms with van der Waals surface area (Å²) in [6.07, 6.45) is 1.45. The molecule has 0 amide bonds. The maximum Gasteiger partial charge on any atom is 0.306 e. The highest BCUT2D eigenvalue weighted by Gasteiger charge is 2.13. The van der Waals surface area contributed by atoms with E-state index in [2.05, 4.69) is 4.98 Å². The fourth-order valence-corrected chi connectivity index (χ4v) is 2.31. The van der Waals surface area contributed by atoms with Crippen LogP contribution in [0.15, 0.2) is 53.1 Å². The monoisotopic (exact) mass is 361 g/mol. The molecule has 3 aromatic rings. The molecule has 3 rings (SSSR count). The van der Waals surface area contributed by atoms with Crippen molar-refractivity contribution < 1.29 is 27.1 Å². The van der Waals surface area contributed by atoms with Gasteiger partial charge >= 0.3 is 5.97 Å². The molecule has 0 aliphatic heterocycles. The van der Waals surface area contributed by atoms with Crippen LogP contribution in [-0.4, -0.2) is 11.0 Å². The van der Waals surface area contributed by atoms with Crippen LogP contribution in [0.3, 0.4) is 0 Å². The molecule has 7 heteroatoms. The molecular weight excluding hydrogens is 347 g/mol. The molecule has 2 aromatic carbocycles. The number of rotatable bonds is 6. The number of aryl methyl sites for hydroxylation is 1. The Balaban J connectivity index is 1.54. The van der Waals surface area contributed by atoms with Crippen LogP contribution in [0.4, 0.5) is 13.2 Å². The molecular formula is C19H14F3NO3. The maximum absolute atomic E-state index is 13.7. The fraction of sp³-hybridized carbons (Fsp3) is 0.158. The van der Waals surface area contributed by atoms with Gasteiger partial charge in [-0.15, -0.1) is 0 Å². The van der Waals surface area contributed by atoms with Crippen LogP contribution < -0.4 is 0 Å². The fourth-order valence-electron chi connectivity index (χ4n) is 2.31. The quantitative estimate of drug-likeness (QED) is 0.610. The molecule has 0 unspecified atom stereocenters. The highest BCUT2D eigenvalue weighted by molar-refractivity contribution is 5.69. The van der Waals surface area contributed by atoms with Crippen molar-refractivity contribution in [1.82, 2.24) is 4.98 Å². The van der Waals surface area contributed by atoms with Crippen LogP contribution in [-0.2, 0) is 22.6 Å². The van der Waals surface area contributed by atoms with Crippen molar-refractivity contribution in [2.45, 2.75) is 19.4 Å². The van der Waals surface area contributed by atoms with Crippen molar-refractivity contribution in [2.75, 3.05) is 0 Å². The lowest BCUT2D eigenvalue weighted by Gasteiger charge is -2.05. The predicted molar refractivity (Wildman–Crippen MR) is 86.4 cm³/mol. The topological polar surface area (TPSA) is 52.3 Å². The van der Waals surface area contributed by atoms with E-state index in [1.165, 1.54) is 24.4 Å². The van der Waals surface area contributed by atoms with Gasteiger partial charge in [0.15, 0.2) is 23.3 Å². The van der Waals surface area contributed by atoms with E-state index in [1.54, 1.807) is 18.2 Å². The minimum Gasteiger partial charge on any atom is -0.461 e. The molecule has 0 saturated heterocycles. The van der Waals surface area contributed by atoms with Crippen LogP contribution in [0.25, 0.3) is 11.3 Å². The van der Waals surface area contributed by atoms with Crippen molar-refractivity contribution in [1.29, 1.82) is 0 Å². The van der Waals surface area contributed by atoms with Gasteiger partial charge in [-0.05, 0) is 18.2 Å². The lowest BCUT2D eigenvalue weighted by Crippen LogP contribution is -2.07. The number of hydrogen-bond donors (Lipinski definition) is 0. The highest BCUT2D eigenvalue weighted by Crippen LogP contribution is 2.23. The van der Waals surface area contributed by atoms with Crippen LogP contribution in [0.2, 0.25) is 0 Å². The molecule has 0 aliphatic rings. The summed E-state index contributed by atoms with van der Waals surface area (Å²) >= 11 is 0. The zero-order chi connectivity index (χ0) is 18.5. The number of benzene rings is 2. The van der Waals surface area contributed by atoms with E-state index in [1.807, 2.05) is 0 Å². The summed E-state index contributed by atoms with van der Waals surface area (Å²) in [7, 11) is 0. The second-order valence-electron chi connectivity index (χ2n) is 5.47. The van der Waals surface area contributed by atoms with Gasteiger partial charge in [0.2, 0.25) is 0 Å². The van der Waals surface area contributed by atoms with Crippen molar-refractivity contribution in [3.8, 4) is 11.3 Å². The SMILES string of the molecule is O=C(CCc1ncc(-c2ccccc2F)o1)OCc1cccc(F)c1F. The average Bonchev–Trinajstić information content (AvgIpc) is 3.10. The third kappa shape index (κ3) is 4.11. The van der Waals surface area contributed by atoms with Crippen molar-refractivity contribution in [3.63, 3.8) is 0 Å². The Morgan fingerprint density at radius 1 is 1.04 bits per heavy atom. The number of aromatic nitrogens is 1. The van der Waals surface area contributed by atoms with Crippen LogP contribution in [0, 0.1) is 17.5 Å². The lowest BCUT2D eigenvalue weighted by molar-refractivity contribution is -0.145. The number of nitrogens with zero attached hydrogens (tertiary/aromatic N) is 1. The van der Waals surface area contributed by atoms with E-state index in [9.17, 15) is 18.0 Å². The van der Waals surface area contributed by atoms with Gasteiger partial charge in [0.25, 0.3) is 0 Å². The average molecular weight is 361 g/mol. The summed E-state index contributed by atoms with van der Waals surface area (Å²) < 4.78 is 50.6. The predicted octanol–water partition coefficient (Wildman–Crippen LogP) is 4.43. The first-order chi connectivity index (χ1) is 12.5. The first-order valence-corrected chi connectivity index (χ1v) is 7.82. The van der Waals surface area contributed by atoms with Crippen molar-refractivity contribution >= 4 is 5.97 Å². The summed E-state index contributed by atoms with van der Waals surface area (Å²) in [6, 6.07) is 9.74. The molecule has 4 nitrogen and oxygen atoms in total. The van der Waals surface area contributed by atoms with Crippen LogP contribution in [0.1, 0.15) is 17.9 Å². The Kier molecular flexibility index (Phi) is 5.36. The molecule has 26 heavy (non-hydrogen) atoms. The number of ether oxygens (including phenoxy) is 1. The number of esters is 1. The molecule has 134 valence electrons. The summed E-state index contributed by atoms with van der Waals surface area (Å²) in [6.45, 7) is -0.367. The Bertz CT molecular complexity index is 924. The molecule has 0 fully saturated rings. The van der Waals surface area contributed by atoms with Crippen molar-refractivity contribution in [3.05, 3.63) is 77.6 Å².